The number of carbonyl (C=O) groups excluding carboxylic acids is 1. The Balaban J connectivity index is 1.91. The van der Waals surface area contributed by atoms with Gasteiger partial charge in [0.25, 0.3) is 0 Å². The van der Waals surface area contributed by atoms with Crippen molar-refractivity contribution in [2.45, 2.75) is 6.42 Å². The van der Waals surface area contributed by atoms with Crippen LogP contribution in [0.1, 0.15) is 6.42 Å². The molecule has 0 aliphatic rings. The minimum Gasteiger partial charge on any atom is -0.493 e. The average Bonchev–Trinajstić information content (AvgIpc) is 2.36. The lowest BCUT2D eigenvalue weighted by molar-refractivity contribution is -0.119. The predicted molar refractivity (Wildman–Crippen MR) is 77.0 cm³/mol. The Labute approximate surface area is 117 Å². The lowest BCUT2D eigenvalue weighted by atomic mass is 10.1. The van der Waals surface area contributed by atoms with Crippen molar-refractivity contribution in [3.05, 3.63) is 42.5 Å². The predicted octanol–water partition coefficient (Wildman–Crippen LogP) is 1.68. The van der Waals surface area contributed by atoms with E-state index in [1.165, 1.54) is 0 Å². The Morgan fingerprint density at radius 3 is 2.55 bits per heavy atom. The van der Waals surface area contributed by atoms with Crippen molar-refractivity contribution in [1.29, 1.82) is 0 Å². The third kappa shape index (κ3) is 4.24. The number of carbonyl (C=O) groups is 1. The smallest absolute Gasteiger partial charge is 0.236 e. The number of ether oxygens (including phenoxy) is 1. The number of benzene rings is 2. The fourth-order valence-electron chi connectivity index (χ4n) is 1.78. The van der Waals surface area contributed by atoms with Gasteiger partial charge < -0.3 is 4.74 Å². The third-order valence-corrected chi connectivity index (χ3v) is 3.22. The molecule has 0 aliphatic carbocycles. The van der Waals surface area contributed by atoms with Crippen molar-refractivity contribution in [3.8, 4) is 5.75 Å². The molecule has 0 atom stereocenters. The summed E-state index contributed by atoms with van der Waals surface area (Å²) in [5.74, 6) is 0.0733. The fraction of sp³-hybridized carbons (Fsp3) is 0.214. The van der Waals surface area contributed by atoms with Gasteiger partial charge in [-0.05, 0) is 22.9 Å². The molecule has 2 rings (SSSR count). The molecule has 0 aliphatic heterocycles. The van der Waals surface area contributed by atoms with E-state index < -0.39 is 15.9 Å². The minimum absolute atomic E-state index is 0.0140. The summed E-state index contributed by atoms with van der Waals surface area (Å²) < 4.78 is 29.0. The number of hydrogen-bond donors (Lipinski definition) is 1. The van der Waals surface area contributed by atoms with Gasteiger partial charge in [-0.1, -0.05) is 30.3 Å². The highest BCUT2D eigenvalue weighted by molar-refractivity contribution is 7.89. The lowest BCUT2D eigenvalue weighted by Crippen LogP contribution is -2.30. The molecule has 0 bridgehead atoms. The summed E-state index contributed by atoms with van der Waals surface area (Å²) in [7, 11) is -3.50. The van der Waals surface area contributed by atoms with Crippen LogP contribution in [0, 0.1) is 0 Å². The van der Waals surface area contributed by atoms with Gasteiger partial charge in [-0.2, -0.15) is 0 Å². The maximum absolute atomic E-state index is 11.3. The molecule has 0 spiro atoms. The Kier molecular flexibility index (Phi) is 4.24. The summed E-state index contributed by atoms with van der Waals surface area (Å²) in [6.45, 7) is 0.125. The Morgan fingerprint density at radius 2 is 1.85 bits per heavy atom. The molecular weight excluding hydrogens is 278 g/mol. The largest absolute Gasteiger partial charge is 0.493 e. The third-order valence-electron chi connectivity index (χ3n) is 2.62. The van der Waals surface area contributed by atoms with Crippen LogP contribution in [0.4, 0.5) is 0 Å². The summed E-state index contributed by atoms with van der Waals surface area (Å²) >= 11 is 0. The summed E-state index contributed by atoms with van der Waals surface area (Å²) in [6, 6.07) is 13.5. The number of nitrogens with one attached hydrogen (secondary N) is 1. The first-order valence-electron chi connectivity index (χ1n) is 6.06. The monoisotopic (exact) mass is 293 g/mol. The Hall–Kier alpha value is -2.08. The van der Waals surface area contributed by atoms with Gasteiger partial charge >= 0.3 is 0 Å². The standard InChI is InChI=1S/C14H15NO4S/c1-20(17,18)15-14(16)8-9-19-13-7-6-11-4-2-3-5-12(11)10-13/h2-7,10H,8-9H2,1H3,(H,15,16). The van der Waals surface area contributed by atoms with Gasteiger partial charge in [-0.25, -0.2) is 8.42 Å². The van der Waals surface area contributed by atoms with Crippen molar-refractivity contribution in [2.24, 2.45) is 0 Å². The van der Waals surface area contributed by atoms with Gasteiger partial charge in [0.15, 0.2) is 0 Å². The highest BCUT2D eigenvalue weighted by Gasteiger charge is 2.08. The van der Waals surface area contributed by atoms with Gasteiger partial charge in [-0.3, -0.25) is 9.52 Å². The highest BCUT2D eigenvalue weighted by atomic mass is 32.2. The average molecular weight is 293 g/mol. The molecule has 2 aromatic rings. The SMILES string of the molecule is CS(=O)(=O)NC(=O)CCOc1ccc2ccccc2c1. The first-order valence-corrected chi connectivity index (χ1v) is 7.95. The quantitative estimate of drug-likeness (QED) is 0.910. The van der Waals surface area contributed by atoms with Crippen molar-refractivity contribution in [3.63, 3.8) is 0 Å². The molecule has 0 unspecified atom stereocenters. The summed E-state index contributed by atoms with van der Waals surface area (Å²) in [5.41, 5.74) is 0. The maximum Gasteiger partial charge on any atom is 0.236 e. The molecule has 1 N–H and O–H groups in total. The van der Waals surface area contributed by atoms with E-state index in [0.29, 0.717) is 5.75 Å². The number of amides is 1. The molecule has 106 valence electrons. The number of rotatable bonds is 5. The van der Waals surface area contributed by atoms with Crippen LogP contribution in [-0.2, 0) is 14.8 Å². The van der Waals surface area contributed by atoms with E-state index in [4.69, 9.17) is 4.74 Å². The van der Waals surface area contributed by atoms with Crippen LogP contribution >= 0.6 is 0 Å². The second-order valence-electron chi connectivity index (χ2n) is 4.40. The molecule has 20 heavy (non-hydrogen) atoms. The first-order chi connectivity index (χ1) is 9.44. The molecule has 6 heteroatoms. The van der Waals surface area contributed by atoms with Gasteiger partial charge in [0, 0.05) is 0 Å². The Morgan fingerprint density at radius 1 is 1.15 bits per heavy atom. The van der Waals surface area contributed by atoms with Crippen LogP contribution in [0.2, 0.25) is 0 Å². The van der Waals surface area contributed by atoms with Crippen molar-refractivity contribution < 1.29 is 17.9 Å². The van der Waals surface area contributed by atoms with Gasteiger partial charge in [0.05, 0.1) is 19.3 Å². The van der Waals surface area contributed by atoms with Crippen LogP contribution in [-0.4, -0.2) is 27.2 Å². The van der Waals surface area contributed by atoms with E-state index in [-0.39, 0.29) is 13.0 Å². The molecule has 5 nitrogen and oxygen atoms in total. The second-order valence-corrected chi connectivity index (χ2v) is 6.15. The Bertz CT molecular complexity index is 725. The van der Waals surface area contributed by atoms with E-state index in [0.717, 1.165) is 17.0 Å². The molecule has 0 heterocycles. The minimum atomic E-state index is -3.50. The van der Waals surface area contributed by atoms with E-state index in [2.05, 4.69) is 0 Å². The van der Waals surface area contributed by atoms with Crippen molar-refractivity contribution in [1.82, 2.24) is 4.72 Å². The van der Waals surface area contributed by atoms with Crippen molar-refractivity contribution >= 4 is 26.7 Å². The van der Waals surface area contributed by atoms with E-state index in [1.807, 2.05) is 47.2 Å². The van der Waals surface area contributed by atoms with Gasteiger partial charge in [0.2, 0.25) is 15.9 Å². The number of sulfonamides is 1. The van der Waals surface area contributed by atoms with Crippen LogP contribution in [0.15, 0.2) is 42.5 Å². The van der Waals surface area contributed by atoms with Crippen LogP contribution < -0.4 is 9.46 Å². The number of fused-ring (bicyclic) bond motifs is 1. The highest BCUT2D eigenvalue weighted by Crippen LogP contribution is 2.20. The molecule has 0 radical (unpaired) electrons. The molecule has 0 fully saturated rings. The normalized spacial score (nSPS) is 11.2. The topological polar surface area (TPSA) is 72.5 Å². The summed E-state index contributed by atoms with van der Waals surface area (Å²) in [5, 5.41) is 2.15. The number of hydrogen-bond acceptors (Lipinski definition) is 4. The van der Waals surface area contributed by atoms with Gasteiger partial charge in [0.1, 0.15) is 5.75 Å². The molecule has 0 saturated heterocycles. The second kappa shape index (κ2) is 5.92. The molecule has 2 aromatic carbocycles. The summed E-state index contributed by atoms with van der Waals surface area (Å²) in [4.78, 5) is 11.3. The lowest BCUT2D eigenvalue weighted by Gasteiger charge is -2.07. The van der Waals surface area contributed by atoms with Gasteiger partial charge in [-0.15, -0.1) is 0 Å². The van der Waals surface area contributed by atoms with E-state index in [9.17, 15) is 13.2 Å². The molecule has 0 saturated carbocycles. The van der Waals surface area contributed by atoms with Crippen molar-refractivity contribution in [2.75, 3.05) is 12.9 Å². The van der Waals surface area contributed by atoms with E-state index in [1.54, 1.807) is 0 Å². The zero-order valence-electron chi connectivity index (χ0n) is 11.0. The van der Waals surface area contributed by atoms with Crippen LogP contribution in [0.5, 0.6) is 5.75 Å². The fourth-order valence-corrected chi connectivity index (χ4v) is 2.29. The van der Waals surface area contributed by atoms with E-state index >= 15 is 0 Å². The molecule has 0 aromatic heterocycles. The zero-order valence-corrected chi connectivity index (χ0v) is 11.8. The van der Waals surface area contributed by atoms with Crippen LogP contribution in [0.3, 0.4) is 0 Å². The van der Waals surface area contributed by atoms with Crippen LogP contribution in [0.25, 0.3) is 10.8 Å². The summed E-state index contributed by atoms with van der Waals surface area (Å²) in [6.07, 6.45) is 0.926. The molecular formula is C14H15NO4S. The molecule has 1 amide bonds. The maximum atomic E-state index is 11.3. The zero-order chi connectivity index (χ0) is 14.6. The first kappa shape index (κ1) is 14.3.